The minimum Gasteiger partial charge on any atom is -0.295 e. The maximum Gasteiger partial charge on any atom is 0.158 e. The molecule has 3 heteroatoms. The van der Waals surface area contributed by atoms with Crippen molar-refractivity contribution in [2.75, 3.05) is 0 Å². The second-order valence-corrected chi connectivity index (χ2v) is 4.67. The predicted octanol–water partition coefficient (Wildman–Crippen LogP) is 3.20. The molecule has 0 bridgehead atoms. The fraction of sp³-hybridized carbons (Fsp3) is 0.500. The third kappa shape index (κ3) is 7.14. The summed E-state index contributed by atoms with van der Waals surface area (Å²) in [6, 6.07) is 0. The van der Waals surface area contributed by atoms with E-state index in [1.165, 1.54) is 11.8 Å². The lowest BCUT2D eigenvalue weighted by molar-refractivity contribution is -0.118. The molecule has 0 heterocycles. The fourth-order valence-electron chi connectivity index (χ4n) is 0.643. The molecule has 0 aliphatic rings. The van der Waals surface area contributed by atoms with Gasteiger partial charge in [-0.2, -0.15) is 0 Å². The van der Waals surface area contributed by atoms with Crippen LogP contribution in [0.5, 0.6) is 0 Å². The van der Waals surface area contributed by atoms with Gasteiger partial charge in [-0.15, -0.1) is 11.8 Å². The van der Waals surface area contributed by atoms with Crippen LogP contribution in [0.1, 0.15) is 27.7 Å². The monoisotopic (exact) mass is 226 g/mol. The van der Waals surface area contributed by atoms with E-state index < -0.39 is 0 Å². The van der Waals surface area contributed by atoms with Gasteiger partial charge in [0.15, 0.2) is 11.6 Å². The number of hydrogen-bond acceptors (Lipinski definition) is 3. The molecule has 0 saturated carbocycles. The van der Waals surface area contributed by atoms with Crippen molar-refractivity contribution in [1.29, 1.82) is 0 Å². The van der Waals surface area contributed by atoms with Gasteiger partial charge in [0.1, 0.15) is 0 Å². The first-order valence-corrected chi connectivity index (χ1v) is 5.95. The highest BCUT2D eigenvalue weighted by molar-refractivity contribution is 8.04. The number of hydrogen-bond donors (Lipinski definition) is 0. The Morgan fingerprint density at radius 2 is 1.20 bits per heavy atom. The Labute approximate surface area is 95.8 Å². The van der Waals surface area contributed by atoms with E-state index in [1.807, 2.05) is 27.7 Å². The molecule has 0 aromatic heterocycles. The van der Waals surface area contributed by atoms with E-state index in [0.29, 0.717) is 0 Å². The Bertz CT molecular complexity index is 247. The van der Waals surface area contributed by atoms with E-state index in [1.54, 1.807) is 23.0 Å². The van der Waals surface area contributed by atoms with Gasteiger partial charge in [-0.3, -0.25) is 9.59 Å². The molecule has 0 aromatic rings. The van der Waals surface area contributed by atoms with E-state index in [0.717, 1.165) is 0 Å². The van der Waals surface area contributed by atoms with E-state index >= 15 is 0 Å². The number of allylic oxidation sites excluding steroid dienone is 2. The zero-order valence-electron chi connectivity index (χ0n) is 9.69. The van der Waals surface area contributed by atoms with Crippen LogP contribution < -0.4 is 0 Å². The average Bonchev–Trinajstić information content (AvgIpc) is 2.16. The Hall–Kier alpha value is -0.830. The molecular weight excluding hydrogens is 208 g/mol. The smallest absolute Gasteiger partial charge is 0.158 e. The molecule has 0 aromatic carbocycles. The molecule has 15 heavy (non-hydrogen) atoms. The summed E-state index contributed by atoms with van der Waals surface area (Å²) in [6.07, 6.45) is 3.08. The van der Waals surface area contributed by atoms with Crippen LogP contribution in [0.4, 0.5) is 0 Å². The minimum atomic E-state index is 0.0307. The quantitative estimate of drug-likeness (QED) is 0.652. The third-order valence-corrected chi connectivity index (χ3v) is 2.35. The summed E-state index contributed by atoms with van der Waals surface area (Å²) >= 11 is 1.34. The number of ketones is 2. The Balaban J connectivity index is 3.89. The first kappa shape index (κ1) is 14.2. The lowest BCUT2D eigenvalue weighted by Crippen LogP contribution is -2.01. The summed E-state index contributed by atoms with van der Waals surface area (Å²) in [5.74, 6) is 0.267. The molecular formula is C12H18O2S. The van der Waals surface area contributed by atoms with Crippen LogP contribution in [0.25, 0.3) is 0 Å². The van der Waals surface area contributed by atoms with E-state index in [-0.39, 0.29) is 23.4 Å². The molecule has 0 atom stereocenters. The largest absolute Gasteiger partial charge is 0.295 e. The van der Waals surface area contributed by atoms with Gasteiger partial charge in [0.25, 0.3) is 0 Å². The maximum absolute atomic E-state index is 11.2. The number of carbonyl (C=O) groups is 2. The molecule has 0 spiro atoms. The van der Waals surface area contributed by atoms with Gasteiger partial charge in [0.2, 0.25) is 0 Å². The molecule has 0 radical (unpaired) electrons. The minimum absolute atomic E-state index is 0.0307. The highest BCUT2D eigenvalue weighted by Crippen LogP contribution is 2.07. The summed E-state index contributed by atoms with van der Waals surface area (Å²) in [4.78, 5) is 22.3. The van der Waals surface area contributed by atoms with Gasteiger partial charge < -0.3 is 0 Å². The Kier molecular flexibility index (Phi) is 7.05. The molecule has 0 aliphatic heterocycles. The lowest BCUT2D eigenvalue weighted by atomic mass is 10.1. The molecule has 84 valence electrons. The predicted molar refractivity (Wildman–Crippen MR) is 65.6 cm³/mol. The van der Waals surface area contributed by atoms with Crippen molar-refractivity contribution in [3.63, 3.8) is 0 Å². The Morgan fingerprint density at radius 1 is 0.867 bits per heavy atom. The fourth-order valence-corrected chi connectivity index (χ4v) is 1.16. The average molecular weight is 226 g/mol. The highest BCUT2D eigenvalue weighted by Gasteiger charge is 2.01. The van der Waals surface area contributed by atoms with Crippen LogP contribution in [0.2, 0.25) is 0 Å². The zero-order valence-corrected chi connectivity index (χ0v) is 10.5. The van der Waals surface area contributed by atoms with E-state index in [9.17, 15) is 9.59 Å². The van der Waals surface area contributed by atoms with Gasteiger partial charge in [0, 0.05) is 11.8 Å². The van der Waals surface area contributed by atoms with Gasteiger partial charge in [-0.05, 0) is 23.0 Å². The van der Waals surface area contributed by atoms with E-state index in [4.69, 9.17) is 0 Å². The summed E-state index contributed by atoms with van der Waals surface area (Å²) in [5, 5.41) is 3.40. The number of rotatable bonds is 6. The molecule has 2 nitrogen and oxygen atoms in total. The van der Waals surface area contributed by atoms with Crippen LogP contribution in [0, 0.1) is 11.8 Å². The number of thioether (sulfide) groups is 1. The summed E-state index contributed by atoms with van der Waals surface area (Å²) in [5.41, 5.74) is 0. The van der Waals surface area contributed by atoms with Gasteiger partial charge in [-0.1, -0.05) is 27.7 Å². The van der Waals surface area contributed by atoms with Crippen molar-refractivity contribution in [2.45, 2.75) is 27.7 Å². The Morgan fingerprint density at radius 3 is 1.47 bits per heavy atom. The van der Waals surface area contributed by atoms with Crippen LogP contribution >= 0.6 is 11.8 Å². The second-order valence-electron chi connectivity index (χ2n) is 3.86. The topological polar surface area (TPSA) is 34.1 Å². The second kappa shape index (κ2) is 7.46. The van der Waals surface area contributed by atoms with Crippen LogP contribution in [0.3, 0.4) is 0 Å². The SMILES string of the molecule is CC(C)C(=O)/C=C/S/C=C/C(=O)C(C)C. The van der Waals surface area contributed by atoms with Crippen LogP contribution in [-0.4, -0.2) is 11.6 Å². The van der Waals surface area contributed by atoms with Gasteiger partial charge >= 0.3 is 0 Å². The van der Waals surface area contributed by atoms with Crippen molar-refractivity contribution >= 4 is 23.3 Å². The molecule has 0 aliphatic carbocycles. The van der Waals surface area contributed by atoms with Crippen molar-refractivity contribution in [3.05, 3.63) is 23.0 Å². The van der Waals surface area contributed by atoms with Crippen molar-refractivity contribution in [2.24, 2.45) is 11.8 Å². The van der Waals surface area contributed by atoms with Gasteiger partial charge in [-0.25, -0.2) is 0 Å². The first-order valence-electron chi connectivity index (χ1n) is 5.01. The van der Waals surface area contributed by atoms with Crippen LogP contribution in [-0.2, 0) is 9.59 Å². The molecule has 0 saturated heterocycles. The molecule has 0 N–H and O–H groups in total. The summed E-state index contributed by atoms with van der Waals surface area (Å²) in [7, 11) is 0. The molecule has 0 fully saturated rings. The summed E-state index contributed by atoms with van der Waals surface area (Å²) < 4.78 is 0. The standard InChI is InChI=1S/C12H18O2S/c1-9(2)11(13)5-7-15-8-6-12(14)10(3)4/h5-10H,1-4H3/b7-5+,8-6+. The molecule has 0 unspecified atom stereocenters. The molecule has 0 amide bonds. The third-order valence-electron chi connectivity index (χ3n) is 1.76. The molecule has 0 rings (SSSR count). The summed E-state index contributed by atoms with van der Waals surface area (Å²) in [6.45, 7) is 7.43. The first-order chi connectivity index (χ1) is 6.95. The van der Waals surface area contributed by atoms with Crippen molar-refractivity contribution < 1.29 is 9.59 Å². The van der Waals surface area contributed by atoms with E-state index in [2.05, 4.69) is 0 Å². The van der Waals surface area contributed by atoms with Crippen molar-refractivity contribution in [1.82, 2.24) is 0 Å². The van der Waals surface area contributed by atoms with Gasteiger partial charge in [0.05, 0.1) is 0 Å². The maximum atomic E-state index is 11.2. The number of carbonyl (C=O) groups excluding carboxylic acids is 2. The van der Waals surface area contributed by atoms with Crippen molar-refractivity contribution in [3.8, 4) is 0 Å². The highest BCUT2D eigenvalue weighted by atomic mass is 32.2. The lowest BCUT2D eigenvalue weighted by Gasteiger charge is -1.96. The van der Waals surface area contributed by atoms with Crippen LogP contribution in [0.15, 0.2) is 23.0 Å². The normalized spacial score (nSPS) is 12.1. The zero-order chi connectivity index (χ0) is 11.8.